The molecule has 0 radical (unpaired) electrons. The largest absolute Gasteiger partial charge is 0.508 e. The molecule has 1 aliphatic carbocycles. The predicted octanol–water partition coefficient (Wildman–Crippen LogP) is 3.22. The first-order valence-electron chi connectivity index (χ1n) is 7.65. The van der Waals surface area contributed by atoms with E-state index >= 15 is 0 Å². The first-order chi connectivity index (χ1) is 11.1. The van der Waals surface area contributed by atoms with Crippen molar-refractivity contribution in [1.29, 1.82) is 0 Å². The lowest BCUT2D eigenvalue weighted by Crippen LogP contribution is -2.15. The Hall–Kier alpha value is -2.43. The molecular weight excluding hydrogens is 296 g/mol. The number of esters is 1. The number of benzene rings is 1. The smallest absolute Gasteiger partial charge is 0.337 e. The third-order valence-electron chi connectivity index (χ3n) is 4.46. The van der Waals surface area contributed by atoms with E-state index in [-0.39, 0.29) is 11.7 Å². The molecule has 1 aromatic carbocycles. The first kappa shape index (κ1) is 15.5. The van der Waals surface area contributed by atoms with Gasteiger partial charge in [0, 0.05) is 17.9 Å². The molecule has 0 amide bonds. The van der Waals surface area contributed by atoms with Crippen LogP contribution in [0.4, 0.5) is 0 Å². The fourth-order valence-corrected chi connectivity index (χ4v) is 3.34. The van der Waals surface area contributed by atoms with Crippen LogP contribution in [0, 0.1) is 5.92 Å². The molecular formula is C18H20O5. The van der Waals surface area contributed by atoms with Gasteiger partial charge in [-0.25, -0.2) is 4.79 Å². The van der Waals surface area contributed by atoms with Crippen molar-refractivity contribution < 1.29 is 24.1 Å². The fourth-order valence-electron chi connectivity index (χ4n) is 3.34. The number of fused-ring (bicyclic) bond motifs is 1. The van der Waals surface area contributed by atoms with Gasteiger partial charge >= 0.3 is 5.97 Å². The Bertz CT molecular complexity index is 684. The van der Waals surface area contributed by atoms with E-state index in [2.05, 4.69) is 0 Å². The molecule has 23 heavy (non-hydrogen) atoms. The zero-order valence-electron chi connectivity index (χ0n) is 13.5. The molecule has 2 aliphatic rings. The van der Waals surface area contributed by atoms with Crippen LogP contribution >= 0.6 is 0 Å². The summed E-state index contributed by atoms with van der Waals surface area (Å²) in [6.07, 6.45) is 0.666. The summed E-state index contributed by atoms with van der Waals surface area (Å²) in [5.74, 6) is 1.09. The molecule has 0 unspecified atom stereocenters. The van der Waals surface area contributed by atoms with Crippen molar-refractivity contribution in [3.8, 4) is 5.75 Å². The van der Waals surface area contributed by atoms with Crippen molar-refractivity contribution in [2.24, 2.45) is 5.92 Å². The van der Waals surface area contributed by atoms with Crippen LogP contribution in [0.2, 0.25) is 0 Å². The quantitative estimate of drug-likeness (QED) is 0.864. The predicted molar refractivity (Wildman–Crippen MR) is 84.9 cm³/mol. The van der Waals surface area contributed by atoms with Crippen molar-refractivity contribution in [1.82, 2.24) is 0 Å². The maximum atomic E-state index is 11.8. The van der Waals surface area contributed by atoms with Crippen LogP contribution in [-0.4, -0.2) is 31.4 Å². The average Bonchev–Trinajstić information content (AvgIpc) is 3.11. The van der Waals surface area contributed by atoms with Gasteiger partial charge in [0.25, 0.3) is 0 Å². The summed E-state index contributed by atoms with van der Waals surface area (Å²) in [6.45, 7) is 2.02. The molecule has 2 atom stereocenters. The molecule has 3 rings (SSSR count). The topological polar surface area (TPSA) is 65.0 Å². The second-order valence-electron chi connectivity index (χ2n) is 5.62. The number of allylic oxidation sites excluding steroid dienone is 1. The Labute approximate surface area is 135 Å². The highest BCUT2D eigenvalue weighted by Gasteiger charge is 2.47. The van der Waals surface area contributed by atoms with E-state index in [1.54, 1.807) is 7.11 Å². The molecule has 1 N–H and O–H groups in total. The van der Waals surface area contributed by atoms with Crippen molar-refractivity contribution in [2.75, 3.05) is 14.2 Å². The zero-order chi connectivity index (χ0) is 16.6. The normalized spacial score (nSPS) is 22.9. The minimum absolute atomic E-state index is 0.00342. The minimum Gasteiger partial charge on any atom is -0.508 e. The molecule has 0 saturated heterocycles. The van der Waals surface area contributed by atoms with Crippen LogP contribution in [0.5, 0.6) is 5.75 Å². The SMILES string of the molecule is CCC1=C(c2ccc(OC)cc2)[C@@H]2CC(C(=O)OC)=C(O)[C@@H]2O1. The van der Waals surface area contributed by atoms with Gasteiger partial charge < -0.3 is 19.3 Å². The molecule has 0 fully saturated rings. The minimum atomic E-state index is -0.493. The van der Waals surface area contributed by atoms with Crippen LogP contribution in [0.1, 0.15) is 25.3 Å². The van der Waals surface area contributed by atoms with E-state index in [0.29, 0.717) is 12.0 Å². The molecule has 1 heterocycles. The Morgan fingerprint density at radius 3 is 2.57 bits per heavy atom. The Morgan fingerprint density at radius 2 is 2.00 bits per heavy atom. The van der Waals surface area contributed by atoms with E-state index in [0.717, 1.165) is 29.1 Å². The van der Waals surface area contributed by atoms with Crippen molar-refractivity contribution in [3.05, 3.63) is 46.9 Å². The molecule has 0 saturated carbocycles. The summed E-state index contributed by atoms with van der Waals surface area (Å²) in [6, 6.07) is 7.74. The van der Waals surface area contributed by atoms with Crippen LogP contribution < -0.4 is 4.74 Å². The summed E-state index contributed by atoms with van der Waals surface area (Å²) in [7, 11) is 2.94. The maximum absolute atomic E-state index is 11.8. The van der Waals surface area contributed by atoms with Crippen molar-refractivity contribution >= 4 is 11.5 Å². The summed E-state index contributed by atoms with van der Waals surface area (Å²) < 4.78 is 15.9. The van der Waals surface area contributed by atoms with Crippen LogP contribution in [0.15, 0.2) is 41.4 Å². The van der Waals surface area contributed by atoms with Gasteiger partial charge in [-0.05, 0) is 24.1 Å². The average molecular weight is 316 g/mol. The lowest BCUT2D eigenvalue weighted by Gasteiger charge is -2.13. The number of carbonyl (C=O) groups is 1. The number of carbonyl (C=O) groups excluding carboxylic acids is 1. The van der Waals surface area contributed by atoms with Crippen LogP contribution in [0.3, 0.4) is 0 Å². The number of methoxy groups -OCH3 is 2. The molecule has 122 valence electrons. The molecule has 1 aliphatic heterocycles. The molecule has 0 bridgehead atoms. The molecule has 0 aromatic heterocycles. The van der Waals surface area contributed by atoms with Gasteiger partial charge in [0.05, 0.1) is 19.8 Å². The third kappa shape index (κ3) is 2.46. The van der Waals surface area contributed by atoms with E-state index in [1.807, 2.05) is 31.2 Å². The van der Waals surface area contributed by atoms with Gasteiger partial charge in [0.15, 0.2) is 6.10 Å². The second kappa shape index (κ2) is 5.99. The number of aliphatic hydroxyl groups is 1. The van der Waals surface area contributed by atoms with Gasteiger partial charge in [0.2, 0.25) is 0 Å². The number of aliphatic hydroxyl groups excluding tert-OH is 1. The lowest BCUT2D eigenvalue weighted by molar-refractivity contribution is -0.136. The van der Waals surface area contributed by atoms with Gasteiger partial charge in [0.1, 0.15) is 17.3 Å². The van der Waals surface area contributed by atoms with Gasteiger partial charge in [-0.3, -0.25) is 0 Å². The lowest BCUT2D eigenvalue weighted by atomic mass is 9.89. The molecule has 0 spiro atoms. The monoisotopic (exact) mass is 316 g/mol. The van der Waals surface area contributed by atoms with E-state index in [4.69, 9.17) is 14.2 Å². The fraction of sp³-hybridized carbons (Fsp3) is 0.389. The van der Waals surface area contributed by atoms with Crippen LogP contribution in [0.25, 0.3) is 5.57 Å². The van der Waals surface area contributed by atoms with E-state index < -0.39 is 12.1 Å². The van der Waals surface area contributed by atoms with Crippen molar-refractivity contribution in [3.63, 3.8) is 0 Å². The Kier molecular flexibility index (Phi) is 4.03. The molecule has 5 nitrogen and oxygen atoms in total. The summed E-state index contributed by atoms with van der Waals surface area (Å²) in [5, 5.41) is 10.3. The summed E-state index contributed by atoms with van der Waals surface area (Å²) in [4.78, 5) is 11.8. The highest BCUT2D eigenvalue weighted by Crippen LogP contribution is 2.49. The van der Waals surface area contributed by atoms with Crippen molar-refractivity contribution in [2.45, 2.75) is 25.9 Å². The number of ether oxygens (including phenoxy) is 3. The molecule has 5 heteroatoms. The first-order valence-corrected chi connectivity index (χ1v) is 7.65. The Morgan fingerprint density at radius 1 is 1.30 bits per heavy atom. The molecule has 1 aromatic rings. The number of hydrogen-bond acceptors (Lipinski definition) is 5. The maximum Gasteiger partial charge on any atom is 0.337 e. The van der Waals surface area contributed by atoms with E-state index in [1.165, 1.54) is 7.11 Å². The summed E-state index contributed by atoms with van der Waals surface area (Å²) >= 11 is 0. The number of hydrogen-bond donors (Lipinski definition) is 1. The summed E-state index contributed by atoms with van der Waals surface area (Å²) in [5.41, 5.74) is 2.38. The van der Waals surface area contributed by atoms with Gasteiger partial charge in [-0.1, -0.05) is 19.1 Å². The zero-order valence-corrected chi connectivity index (χ0v) is 13.5. The standard InChI is InChI=1S/C18H20O5/c1-4-14-15(10-5-7-11(21-2)8-6-10)12-9-13(18(20)22-3)16(19)17(12)23-14/h5-8,12,17,19H,4,9H2,1-3H3/t12-,17+/m0/s1. The highest BCUT2D eigenvalue weighted by molar-refractivity contribution is 5.91. The Balaban J connectivity index is 1.95. The third-order valence-corrected chi connectivity index (χ3v) is 4.46. The van der Waals surface area contributed by atoms with Crippen LogP contribution in [-0.2, 0) is 14.3 Å². The highest BCUT2D eigenvalue weighted by atomic mass is 16.5. The van der Waals surface area contributed by atoms with Gasteiger partial charge in [-0.2, -0.15) is 0 Å². The second-order valence-corrected chi connectivity index (χ2v) is 5.62. The van der Waals surface area contributed by atoms with Gasteiger partial charge in [-0.15, -0.1) is 0 Å². The van der Waals surface area contributed by atoms with E-state index in [9.17, 15) is 9.90 Å². The number of rotatable bonds is 4.